The number of ether oxygens (including phenoxy) is 2. The van der Waals surface area contributed by atoms with Gasteiger partial charge in [0.25, 0.3) is 0 Å². The highest BCUT2D eigenvalue weighted by atomic mass is 16.5. The van der Waals surface area contributed by atoms with Crippen molar-refractivity contribution >= 4 is 28.9 Å². The molecule has 3 aromatic heterocycles. The van der Waals surface area contributed by atoms with Gasteiger partial charge in [0, 0.05) is 24.3 Å². The Kier molecular flexibility index (Phi) is 4.42. The number of pyridine rings is 1. The fraction of sp³-hybridized carbons (Fsp3) is 0.316. The van der Waals surface area contributed by atoms with Crippen LogP contribution in [0.1, 0.15) is 6.42 Å². The van der Waals surface area contributed by atoms with E-state index in [1.54, 1.807) is 12.3 Å². The van der Waals surface area contributed by atoms with Crippen molar-refractivity contribution in [2.75, 3.05) is 19.5 Å². The molecule has 0 bridgehead atoms. The van der Waals surface area contributed by atoms with Crippen LogP contribution in [0.3, 0.4) is 0 Å². The van der Waals surface area contributed by atoms with Gasteiger partial charge >= 0.3 is 0 Å². The van der Waals surface area contributed by atoms with Crippen molar-refractivity contribution in [2.45, 2.75) is 6.42 Å². The molecule has 0 radical (unpaired) electrons. The lowest BCUT2D eigenvalue weighted by atomic mass is 10.2. The lowest BCUT2D eigenvalue weighted by Crippen LogP contribution is -2.15. The summed E-state index contributed by atoms with van der Waals surface area (Å²) in [5, 5.41) is 3.66. The van der Waals surface area contributed by atoms with Crippen LogP contribution < -0.4 is 14.8 Å². The van der Waals surface area contributed by atoms with Crippen LogP contribution in [-0.2, 0) is 16.6 Å². The van der Waals surface area contributed by atoms with Gasteiger partial charge in [0.1, 0.15) is 24.0 Å². The van der Waals surface area contributed by atoms with E-state index in [0.29, 0.717) is 29.6 Å². The zero-order chi connectivity index (χ0) is 19.8. The maximum Gasteiger partial charge on any atom is 0.229 e. The average Bonchev–Trinajstić information content (AvgIpc) is 3.45. The molecule has 1 amide bonds. The van der Waals surface area contributed by atoms with E-state index in [4.69, 9.17) is 9.47 Å². The van der Waals surface area contributed by atoms with Gasteiger partial charge in [0.2, 0.25) is 17.7 Å². The molecule has 9 nitrogen and oxygen atoms in total. The Bertz CT molecular complexity index is 1060. The van der Waals surface area contributed by atoms with E-state index in [1.807, 2.05) is 17.7 Å². The van der Waals surface area contributed by atoms with Crippen LogP contribution in [0.2, 0.25) is 0 Å². The molecule has 1 fully saturated rings. The molecule has 0 unspecified atom stereocenters. The number of hydrogen-bond donors (Lipinski definition) is 1. The van der Waals surface area contributed by atoms with Crippen molar-refractivity contribution in [3.8, 4) is 23.0 Å². The first-order chi connectivity index (χ1) is 13.6. The smallest absolute Gasteiger partial charge is 0.229 e. The Morgan fingerprint density at radius 3 is 2.54 bits per heavy atom. The molecule has 144 valence electrons. The van der Waals surface area contributed by atoms with Crippen LogP contribution in [0.25, 0.3) is 22.2 Å². The third kappa shape index (κ3) is 2.94. The lowest BCUT2D eigenvalue weighted by Gasteiger charge is -2.11. The van der Waals surface area contributed by atoms with Gasteiger partial charge in [-0.2, -0.15) is 0 Å². The number of amides is 1. The Morgan fingerprint density at radius 2 is 1.93 bits per heavy atom. The Labute approximate surface area is 160 Å². The summed E-state index contributed by atoms with van der Waals surface area (Å²) in [7, 11) is 4.96. The van der Waals surface area contributed by atoms with Crippen LogP contribution in [0.4, 0.5) is 5.82 Å². The summed E-state index contributed by atoms with van der Waals surface area (Å²) in [6.07, 6.45) is 4.48. The Hall–Kier alpha value is -3.49. The second kappa shape index (κ2) is 6.91. The molecule has 3 aromatic rings. The lowest BCUT2D eigenvalue weighted by molar-refractivity contribution is -0.119. The number of carbonyl (C=O) groups is 2. The summed E-state index contributed by atoms with van der Waals surface area (Å²) in [4.78, 5) is 35.6. The molecule has 1 saturated carbocycles. The number of nitrogens with zero attached hydrogens (tertiary/aromatic N) is 4. The molecule has 0 spiro atoms. The molecule has 3 heterocycles. The van der Waals surface area contributed by atoms with Crippen LogP contribution in [0.5, 0.6) is 11.8 Å². The van der Waals surface area contributed by atoms with Gasteiger partial charge in [-0.25, -0.2) is 15.0 Å². The monoisotopic (exact) mass is 381 g/mol. The van der Waals surface area contributed by atoms with Crippen molar-refractivity contribution in [3.63, 3.8) is 0 Å². The van der Waals surface area contributed by atoms with Gasteiger partial charge in [0.05, 0.1) is 31.6 Å². The first kappa shape index (κ1) is 17.9. The number of fused-ring (bicyclic) bond motifs is 1. The number of methoxy groups -OCH3 is 2. The maximum atomic E-state index is 12.2. The molecule has 1 N–H and O–H groups in total. The number of rotatable bonds is 6. The molecule has 9 heteroatoms. The minimum absolute atomic E-state index is 0.176. The summed E-state index contributed by atoms with van der Waals surface area (Å²) >= 11 is 0. The highest BCUT2D eigenvalue weighted by Crippen LogP contribution is 2.39. The van der Waals surface area contributed by atoms with Crippen molar-refractivity contribution < 1.29 is 19.1 Å². The second-order valence-corrected chi connectivity index (χ2v) is 6.62. The van der Waals surface area contributed by atoms with E-state index in [2.05, 4.69) is 20.3 Å². The van der Waals surface area contributed by atoms with Crippen LogP contribution in [0.15, 0.2) is 24.7 Å². The molecular weight excluding hydrogens is 362 g/mol. The molecule has 1 aliphatic rings. The van der Waals surface area contributed by atoms with E-state index in [-0.39, 0.29) is 17.7 Å². The molecule has 4 rings (SSSR count). The predicted octanol–water partition coefficient (Wildman–Crippen LogP) is 1.82. The summed E-state index contributed by atoms with van der Waals surface area (Å²) in [5.41, 5.74) is 2.28. The minimum atomic E-state index is -0.253. The zero-order valence-electron chi connectivity index (χ0n) is 15.7. The van der Waals surface area contributed by atoms with Crippen molar-refractivity contribution in [1.82, 2.24) is 19.5 Å². The van der Waals surface area contributed by atoms with E-state index >= 15 is 0 Å². The summed E-state index contributed by atoms with van der Waals surface area (Å²) in [5.74, 6) is 0.622. The quantitative estimate of drug-likeness (QED) is 0.649. The average molecular weight is 381 g/mol. The predicted molar refractivity (Wildman–Crippen MR) is 101 cm³/mol. The molecule has 2 atom stereocenters. The standard InChI is InChI=1S/C19H19N5O4/c1-24-13(16-18(27-2)21-9-22-19(16)28-3)5-10-6-15(20-7-14(10)24)23-17(26)12-4-11(12)8-25/h5-9,11-12H,4H2,1-3H3,(H,20,23,26)/t11-,12+/m0/s1. The van der Waals surface area contributed by atoms with Crippen molar-refractivity contribution in [1.29, 1.82) is 0 Å². The fourth-order valence-electron chi connectivity index (χ4n) is 3.31. The highest BCUT2D eigenvalue weighted by molar-refractivity contribution is 5.98. The first-order valence-corrected chi connectivity index (χ1v) is 8.72. The fourth-order valence-corrected chi connectivity index (χ4v) is 3.31. The highest BCUT2D eigenvalue weighted by Gasteiger charge is 2.42. The van der Waals surface area contributed by atoms with E-state index in [1.165, 1.54) is 20.5 Å². The summed E-state index contributed by atoms with van der Waals surface area (Å²) in [6, 6.07) is 3.72. The number of anilines is 1. The number of hydrogen-bond acceptors (Lipinski definition) is 7. The second-order valence-electron chi connectivity index (χ2n) is 6.62. The normalized spacial score (nSPS) is 18.0. The summed E-state index contributed by atoms with van der Waals surface area (Å²) in [6.45, 7) is 0. The third-order valence-electron chi connectivity index (χ3n) is 4.95. The van der Waals surface area contributed by atoms with E-state index in [0.717, 1.165) is 22.9 Å². The number of nitrogens with one attached hydrogen (secondary N) is 1. The number of aldehydes is 1. The molecule has 1 aliphatic carbocycles. The van der Waals surface area contributed by atoms with Crippen LogP contribution >= 0.6 is 0 Å². The van der Waals surface area contributed by atoms with Crippen LogP contribution in [-0.4, -0.2) is 45.9 Å². The van der Waals surface area contributed by atoms with Crippen molar-refractivity contribution in [2.24, 2.45) is 18.9 Å². The van der Waals surface area contributed by atoms with Gasteiger partial charge in [-0.15, -0.1) is 0 Å². The van der Waals surface area contributed by atoms with E-state index < -0.39 is 0 Å². The molecule has 0 aromatic carbocycles. The first-order valence-electron chi connectivity index (χ1n) is 8.72. The van der Waals surface area contributed by atoms with Gasteiger partial charge in [-0.3, -0.25) is 4.79 Å². The largest absolute Gasteiger partial charge is 0.480 e. The van der Waals surface area contributed by atoms with E-state index in [9.17, 15) is 9.59 Å². The van der Waals surface area contributed by atoms with Crippen molar-refractivity contribution in [3.05, 3.63) is 24.7 Å². The number of carbonyl (C=O) groups excluding carboxylic acids is 2. The SMILES string of the molecule is COc1ncnc(OC)c1-c1cc2cc(NC(=O)[C@@H]3C[C@H]3C=O)ncc2n1C. The van der Waals surface area contributed by atoms with Gasteiger partial charge < -0.3 is 24.2 Å². The van der Waals surface area contributed by atoms with Crippen LogP contribution in [0, 0.1) is 11.8 Å². The number of aryl methyl sites for hydroxylation is 1. The maximum absolute atomic E-state index is 12.2. The number of aromatic nitrogens is 4. The Balaban J connectivity index is 1.72. The molecular formula is C19H19N5O4. The van der Waals surface area contributed by atoms with Gasteiger partial charge in [0.15, 0.2) is 0 Å². The summed E-state index contributed by atoms with van der Waals surface area (Å²) < 4.78 is 12.7. The topological polar surface area (TPSA) is 108 Å². The molecule has 28 heavy (non-hydrogen) atoms. The third-order valence-corrected chi connectivity index (χ3v) is 4.95. The minimum Gasteiger partial charge on any atom is -0.480 e. The Morgan fingerprint density at radius 1 is 1.21 bits per heavy atom. The molecule has 0 aliphatic heterocycles. The van der Waals surface area contributed by atoms with Gasteiger partial charge in [-0.05, 0) is 18.6 Å². The molecule has 0 saturated heterocycles. The van der Waals surface area contributed by atoms with Gasteiger partial charge in [-0.1, -0.05) is 0 Å². The zero-order valence-corrected chi connectivity index (χ0v) is 15.7.